The first kappa shape index (κ1) is 15.1. The van der Waals surface area contributed by atoms with Gasteiger partial charge in [-0.25, -0.2) is 4.98 Å². The van der Waals surface area contributed by atoms with Crippen LogP contribution in [0.5, 0.6) is 5.75 Å². The SMILES string of the molecule is O=C(COc1ccc(Cl)c(Cl)c1)NCc1cn2ccsc2n1. The number of carbonyl (C=O) groups excluding carboxylic acids is 1. The number of benzene rings is 1. The van der Waals surface area contributed by atoms with Crippen molar-refractivity contribution in [3.63, 3.8) is 0 Å². The average molecular weight is 356 g/mol. The zero-order chi connectivity index (χ0) is 15.5. The van der Waals surface area contributed by atoms with Gasteiger partial charge in [-0.2, -0.15) is 0 Å². The number of ether oxygens (including phenoxy) is 1. The van der Waals surface area contributed by atoms with Gasteiger partial charge in [0.15, 0.2) is 11.6 Å². The first-order valence-electron chi connectivity index (χ1n) is 6.37. The summed E-state index contributed by atoms with van der Waals surface area (Å²) in [6, 6.07) is 4.85. The Hall–Kier alpha value is -1.76. The number of fused-ring (bicyclic) bond motifs is 1. The van der Waals surface area contributed by atoms with Crippen molar-refractivity contribution >= 4 is 45.4 Å². The van der Waals surface area contributed by atoms with Crippen molar-refractivity contribution in [1.29, 1.82) is 0 Å². The Labute approximate surface area is 140 Å². The fraction of sp³-hybridized carbons (Fsp3) is 0.143. The number of carbonyl (C=O) groups is 1. The molecule has 0 spiro atoms. The molecule has 2 heterocycles. The number of hydrogen-bond acceptors (Lipinski definition) is 4. The van der Waals surface area contributed by atoms with Crippen LogP contribution >= 0.6 is 34.5 Å². The Balaban J connectivity index is 1.49. The molecule has 0 aliphatic carbocycles. The van der Waals surface area contributed by atoms with Crippen LogP contribution in [-0.2, 0) is 11.3 Å². The summed E-state index contributed by atoms with van der Waals surface area (Å²) in [7, 11) is 0. The highest BCUT2D eigenvalue weighted by atomic mass is 35.5. The summed E-state index contributed by atoms with van der Waals surface area (Å²) in [5.41, 5.74) is 0.801. The van der Waals surface area contributed by atoms with Gasteiger partial charge in [0.05, 0.1) is 22.3 Å². The molecule has 3 aromatic rings. The third-order valence-corrected chi connectivity index (χ3v) is 4.38. The number of aromatic nitrogens is 2. The lowest BCUT2D eigenvalue weighted by molar-refractivity contribution is -0.123. The van der Waals surface area contributed by atoms with Crippen LogP contribution in [-0.4, -0.2) is 21.9 Å². The molecule has 8 heteroatoms. The highest BCUT2D eigenvalue weighted by Gasteiger charge is 2.07. The Morgan fingerprint density at radius 1 is 1.36 bits per heavy atom. The van der Waals surface area contributed by atoms with Crippen LogP contribution in [0.1, 0.15) is 5.69 Å². The minimum Gasteiger partial charge on any atom is -0.484 e. The summed E-state index contributed by atoms with van der Waals surface area (Å²) in [5, 5.41) is 5.54. The zero-order valence-corrected chi connectivity index (χ0v) is 13.6. The van der Waals surface area contributed by atoms with E-state index < -0.39 is 0 Å². The van der Waals surface area contributed by atoms with Crippen molar-refractivity contribution in [3.8, 4) is 5.75 Å². The van der Waals surface area contributed by atoms with Crippen LogP contribution in [0.3, 0.4) is 0 Å². The highest BCUT2D eigenvalue weighted by Crippen LogP contribution is 2.26. The van der Waals surface area contributed by atoms with Gasteiger partial charge in [-0.15, -0.1) is 11.3 Å². The van der Waals surface area contributed by atoms with E-state index in [4.69, 9.17) is 27.9 Å². The van der Waals surface area contributed by atoms with Crippen molar-refractivity contribution in [1.82, 2.24) is 14.7 Å². The van der Waals surface area contributed by atoms with Crippen LogP contribution in [0.2, 0.25) is 10.0 Å². The quantitative estimate of drug-likeness (QED) is 0.762. The second kappa shape index (κ2) is 6.56. The van der Waals surface area contributed by atoms with E-state index in [-0.39, 0.29) is 12.5 Å². The predicted molar refractivity (Wildman–Crippen MR) is 86.9 cm³/mol. The maximum Gasteiger partial charge on any atom is 0.258 e. The molecule has 0 atom stereocenters. The number of halogens is 2. The molecule has 22 heavy (non-hydrogen) atoms. The largest absolute Gasteiger partial charge is 0.484 e. The molecule has 3 rings (SSSR count). The van der Waals surface area contributed by atoms with E-state index in [0.29, 0.717) is 22.3 Å². The van der Waals surface area contributed by atoms with Gasteiger partial charge in [-0.05, 0) is 12.1 Å². The second-order valence-electron chi connectivity index (χ2n) is 4.47. The van der Waals surface area contributed by atoms with E-state index in [2.05, 4.69) is 10.3 Å². The molecule has 0 aliphatic heterocycles. The van der Waals surface area contributed by atoms with Crippen molar-refractivity contribution < 1.29 is 9.53 Å². The van der Waals surface area contributed by atoms with Gasteiger partial charge >= 0.3 is 0 Å². The van der Waals surface area contributed by atoms with Crippen LogP contribution in [0, 0.1) is 0 Å². The molecule has 1 aromatic carbocycles. The molecule has 0 saturated heterocycles. The monoisotopic (exact) mass is 355 g/mol. The minimum absolute atomic E-state index is 0.0970. The van der Waals surface area contributed by atoms with Gasteiger partial charge in [0.2, 0.25) is 0 Å². The van der Waals surface area contributed by atoms with E-state index in [1.165, 1.54) is 0 Å². The Kier molecular flexibility index (Phi) is 4.52. The summed E-state index contributed by atoms with van der Waals surface area (Å²) in [4.78, 5) is 17.0. The lowest BCUT2D eigenvalue weighted by Gasteiger charge is -2.07. The highest BCUT2D eigenvalue weighted by molar-refractivity contribution is 7.15. The van der Waals surface area contributed by atoms with Crippen LogP contribution in [0.25, 0.3) is 4.96 Å². The number of hydrogen-bond donors (Lipinski definition) is 1. The molecule has 0 unspecified atom stereocenters. The topological polar surface area (TPSA) is 55.6 Å². The molecular formula is C14H11Cl2N3O2S. The van der Waals surface area contributed by atoms with Crippen LogP contribution in [0.4, 0.5) is 0 Å². The average Bonchev–Trinajstić information content (AvgIpc) is 3.07. The first-order valence-corrected chi connectivity index (χ1v) is 8.01. The van der Waals surface area contributed by atoms with E-state index in [1.807, 2.05) is 22.2 Å². The fourth-order valence-electron chi connectivity index (χ4n) is 1.82. The van der Waals surface area contributed by atoms with Crippen molar-refractivity contribution in [3.05, 3.63) is 51.7 Å². The second-order valence-corrected chi connectivity index (χ2v) is 6.15. The number of imidazole rings is 1. The number of amides is 1. The molecule has 5 nitrogen and oxygen atoms in total. The summed E-state index contributed by atoms with van der Waals surface area (Å²) < 4.78 is 7.27. The normalized spacial score (nSPS) is 10.8. The maximum absolute atomic E-state index is 11.8. The minimum atomic E-state index is -0.234. The Bertz CT molecular complexity index is 787. The molecule has 1 amide bonds. The lowest BCUT2D eigenvalue weighted by atomic mass is 10.3. The number of nitrogens with zero attached hydrogens (tertiary/aromatic N) is 2. The summed E-state index contributed by atoms with van der Waals surface area (Å²) >= 11 is 13.2. The zero-order valence-electron chi connectivity index (χ0n) is 11.3. The van der Waals surface area contributed by atoms with Crippen molar-refractivity contribution in [2.24, 2.45) is 0 Å². The van der Waals surface area contributed by atoms with E-state index in [1.54, 1.807) is 29.5 Å². The maximum atomic E-state index is 11.8. The summed E-state index contributed by atoms with van der Waals surface area (Å²) in [6.45, 7) is 0.262. The van der Waals surface area contributed by atoms with Crippen LogP contribution in [0.15, 0.2) is 36.0 Å². The number of thiazole rings is 1. The number of rotatable bonds is 5. The number of nitrogens with one attached hydrogen (secondary N) is 1. The molecule has 1 N–H and O–H groups in total. The lowest BCUT2D eigenvalue weighted by Crippen LogP contribution is -2.28. The predicted octanol–water partition coefficient (Wildman–Crippen LogP) is 3.40. The fourth-order valence-corrected chi connectivity index (χ4v) is 2.82. The third kappa shape index (κ3) is 3.52. The molecule has 2 aromatic heterocycles. The molecule has 0 saturated carbocycles. The van der Waals surface area contributed by atoms with E-state index in [9.17, 15) is 4.79 Å². The van der Waals surface area contributed by atoms with Crippen molar-refractivity contribution in [2.45, 2.75) is 6.54 Å². The Morgan fingerprint density at radius 2 is 2.23 bits per heavy atom. The van der Waals surface area contributed by atoms with Gasteiger partial charge < -0.3 is 10.1 Å². The van der Waals surface area contributed by atoms with Gasteiger partial charge in [0, 0.05) is 23.8 Å². The standard InChI is InChI=1S/C14H11Cl2N3O2S/c15-11-2-1-10(5-12(11)16)21-8-13(20)17-6-9-7-19-3-4-22-14(19)18-9/h1-5,7H,6,8H2,(H,17,20). The molecule has 0 radical (unpaired) electrons. The van der Waals surface area contributed by atoms with Gasteiger partial charge in [0.25, 0.3) is 5.91 Å². The third-order valence-electron chi connectivity index (χ3n) is 2.87. The van der Waals surface area contributed by atoms with Crippen molar-refractivity contribution in [2.75, 3.05) is 6.61 Å². The smallest absolute Gasteiger partial charge is 0.258 e. The van der Waals surface area contributed by atoms with E-state index >= 15 is 0 Å². The Morgan fingerprint density at radius 3 is 3.00 bits per heavy atom. The van der Waals surface area contributed by atoms with Crippen LogP contribution < -0.4 is 10.1 Å². The summed E-state index contributed by atoms with van der Waals surface area (Å²) in [5.74, 6) is 0.259. The summed E-state index contributed by atoms with van der Waals surface area (Å²) in [6.07, 6.45) is 3.80. The van der Waals surface area contributed by atoms with Gasteiger partial charge in [0.1, 0.15) is 5.75 Å². The van der Waals surface area contributed by atoms with Gasteiger partial charge in [-0.3, -0.25) is 9.20 Å². The molecule has 0 bridgehead atoms. The first-order chi connectivity index (χ1) is 10.6. The molecule has 0 fully saturated rings. The molecule has 0 aliphatic rings. The van der Waals surface area contributed by atoms with Gasteiger partial charge in [-0.1, -0.05) is 23.2 Å². The molecular weight excluding hydrogens is 345 g/mol. The van der Waals surface area contributed by atoms with E-state index in [0.717, 1.165) is 10.7 Å². The molecule has 114 valence electrons.